The van der Waals surface area contributed by atoms with Gasteiger partial charge in [0, 0.05) is 0 Å². The number of thiazole rings is 1. The van der Waals surface area contributed by atoms with Gasteiger partial charge < -0.3 is 0 Å². The first-order valence-electron chi connectivity index (χ1n) is 12.3. The monoisotopic (exact) mass is 558 g/mol. The molecule has 0 fully saturated rings. The number of aromatic nitrogens is 2. The van der Waals surface area contributed by atoms with Crippen molar-refractivity contribution < 1.29 is 4.43 Å². The second kappa shape index (κ2) is 11.8. The second-order valence-electron chi connectivity index (χ2n) is 10.3. The Morgan fingerprint density at radius 1 is 1.00 bits per heavy atom. The third-order valence-electron chi connectivity index (χ3n) is 6.24. The van der Waals surface area contributed by atoms with E-state index in [2.05, 4.69) is 65.4 Å². The molecule has 0 saturated carbocycles. The second-order valence-corrected chi connectivity index (χ2v) is 26.8. The van der Waals surface area contributed by atoms with E-state index >= 15 is 0 Å². The van der Waals surface area contributed by atoms with E-state index in [4.69, 9.17) is 9.41 Å². The van der Waals surface area contributed by atoms with Crippen LogP contribution in [0.5, 0.6) is 0 Å². The van der Waals surface area contributed by atoms with Gasteiger partial charge in [-0.2, -0.15) is 0 Å². The van der Waals surface area contributed by atoms with Gasteiger partial charge in [-0.3, -0.25) is 0 Å². The van der Waals surface area contributed by atoms with Crippen molar-refractivity contribution in [2.75, 3.05) is 0 Å². The van der Waals surface area contributed by atoms with Crippen molar-refractivity contribution in [2.24, 2.45) is 0 Å². The van der Waals surface area contributed by atoms with Crippen LogP contribution in [0.4, 0.5) is 0 Å². The molecule has 0 N–H and O–H groups in total. The van der Waals surface area contributed by atoms with E-state index in [0.717, 1.165) is 6.61 Å². The Morgan fingerprint density at radius 2 is 1.53 bits per heavy atom. The zero-order valence-electron chi connectivity index (χ0n) is 20.9. The van der Waals surface area contributed by atoms with Crippen LogP contribution in [-0.4, -0.2) is 36.8 Å². The standard InChI is InChI=1S/C12H19N2OSSi.3C4H9.Sn/c1-12(2,3)10-11-14(8-13-10)6-9(16-11)7-15-17(4)5;3*1-3-4-2;/h8,17H,7H2,1-5H3;3*1,3-4H2,2H3;. The molecule has 6 heteroatoms. The predicted molar refractivity (Wildman–Crippen MR) is 140 cm³/mol. The topological polar surface area (TPSA) is 26.5 Å². The van der Waals surface area contributed by atoms with Gasteiger partial charge in [0.05, 0.1) is 0 Å². The summed E-state index contributed by atoms with van der Waals surface area (Å²) < 4.78 is 15.1. The van der Waals surface area contributed by atoms with Gasteiger partial charge in [-0.05, 0) is 0 Å². The number of nitrogens with zero attached hydrogens (tertiary/aromatic N) is 2. The number of unbranched alkanes of at least 4 members (excludes halogenated alkanes) is 3. The minimum absolute atomic E-state index is 0.0796. The van der Waals surface area contributed by atoms with Gasteiger partial charge in [-0.15, -0.1) is 0 Å². The first kappa shape index (κ1) is 26.4. The summed E-state index contributed by atoms with van der Waals surface area (Å²) in [5, 5.41) is 0. The third kappa shape index (κ3) is 6.35. The number of hydrogen-bond acceptors (Lipinski definition) is 3. The van der Waals surface area contributed by atoms with E-state index in [1.54, 1.807) is 8.59 Å². The van der Waals surface area contributed by atoms with Crippen molar-refractivity contribution in [1.29, 1.82) is 0 Å². The summed E-state index contributed by atoms with van der Waals surface area (Å²) in [6.45, 7) is 19.4. The number of fused-ring (bicyclic) bond motifs is 1. The number of imidazole rings is 1. The van der Waals surface area contributed by atoms with Crippen LogP contribution in [0, 0.1) is 0 Å². The molecular formula is C24H46N2OSSiSn. The van der Waals surface area contributed by atoms with Gasteiger partial charge in [0.15, 0.2) is 0 Å². The van der Waals surface area contributed by atoms with Gasteiger partial charge >= 0.3 is 196 Å². The maximum atomic E-state index is 6.35. The molecule has 0 aliphatic carbocycles. The first-order chi connectivity index (χ1) is 14.2. The fraction of sp³-hybridized carbons (Fsp3) is 0.792. The van der Waals surface area contributed by atoms with E-state index in [9.17, 15) is 0 Å². The molecule has 0 radical (unpaired) electrons. The normalized spacial score (nSPS) is 13.1. The van der Waals surface area contributed by atoms with E-state index < -0.39 is 27.4 Å². The molecule has 30 heavy (non-hydrogen) atoms. The van der Waals surface area contributed by atoms with Crippen molar-refractivity contribution >= 4 is 47.3 Å². The van der Waals surface area contributed by atoms with E-state index in [-0.39, 0.29) is 5.41 Å². The molecule has 172 valence electrons. The van der Waals surface area contributed by atoms with Crippen LogP contribution >= 0.6 is 11.3 Å². The Bertz CT molecular complexity index is 756. The zero-order chi connectivity index (χ0) is 22.4. The summed E-state index contributed by atoms with van der Waals surface area (Å²) in [7, 11) is -1.05. The van der Waals surface area contributed by atoms with Crippen LogP contribution in [0.2, 0.25) is 26.4 Å². The summed E-state index contributed by atoms with van der Waals surface area (Å²) in [4.78, 5) is 7.90. The molecule has 0 aliphatic rings. The molecule has 0 bridgehead atoms. The molecular weight excluding hydrogens is 511 g/mol. The van der Waals surface area contributed by atoms with Crippen molar-refractivity contribution in [3.63, 3.8) is 0 Å². The van der Waals surface area contributed by atoms with Crippen LogP contribution in [0.25, 0.3) is 4.83 Å². The van der Waals surface area contributed by atoms with Gasteiger partial charge in [0.1, 0.15) is 0 Å². The molecule has 3 nitrogen and oxygen atoms in total. The molecule has 0 aromatic carbocycles. The van der Waals surface area contributed by atoms with Crippen molar-refractivity contribution in [3.05, 3.63) is 16.9 Å². The molecule has 0 saturated heterocycles. The van der Waals surface area contributed by atoms with Crippen molar-refractivity contribution in [3.8, 4) is 0 Å². The summed E-state index contributed by atoms with van der Waals surface area (Å²) in [5.74, 6) is 0. The van der Waals surface area contributed by atoms with Gasteiger partial charge in [-0.25, -0.2) is 0 Å². The number of rotatable bonds is 13. The third-order valence-corrected chi connectivity index (χ3v) is 24.4. The van der Waals surface area contributed by atoms with Gasteiger partial charge in [0.2, 0.25) is 0 Å². The predicted octanol–water partition coefficient (Wildman–Crippen LogP) is 7.25. The Kier molecular flexibility index (Phi) is 10.4. The summed E-state index contributed by atoms with van der Waals surface area (Å²) in [5.41, 5.74) is 1.35. The summed E-state index contributed by atoms with van der Waals surface area (Å²) in [6, 6.07) is 0. The molecule has 2 aromatic rings. The molecule has 0 aliphatic heterocycles. The van der Waals surface area contributed by atoms with E-state index in [0.29, 0.717) is 0 Å². The summed E-state index contributed by atoms with van der Waals surface area (Å²) in [6.07, 6.45) is 10.3. The SMILES string of the molecule is CCC[CH2][Sn]([CH2]CCC)([CH2]CCC)[c]1c(CO[SiH](C)C)sc2c(C(C)(C)C)ncn12. The van der Waals surface area contributed by atoms with E-state index in [1.807, 2.05) is 11.3 Å². The Labute approximate surface area is 195 Å². The van der Waals surface area contributed by atoms with E-state index in [1.165, 1.54) is 62.4 Å². The van der Waals surface area contributed by atoms with Crippen LogP contribution in [-0.2, 0) is 16.4 Å². The molecule has 0 unspecified atom stereocenters. The molecule has 2 aromatic heterocycles. The van der Waals surface area contributed by atoms with Crippen LogP contribution in [0.3, 0.4) is 0 Å². The van der Waals surface area contributed by atoms with Crippen LogP contribution in [0.1, 0.15) is 90.6 Å². The average Bonchev–Trinajstić information content (AvgIpc) is 3.25. The van der Waals surface area contributed by atoms with Crippen molar-refractivity contribution in [1.82, 2.24) is 9.38 Å². The quantitative estimate of drug-likeness (QED) is 0.243. The fourth-order valence-electron chi connectivity index (χ4n) is 4.57. The number of hydrogen-bond donors (Lipinski definition) is 0. The molecule has 0 amide bonds. The summed E-state index contributed by atoms with van der Waals surface area (Å²) >= 11 is -0.601. The van der Waals surface area contributed by atoms with Gasteiger partial charge in [0.25, 0.3) is 0 Å². The van der Waals surface area contributed by atoms with Gasteiger partial charge in [-0.1, -0.05) is 0 Å². The maximum absolute atomic E-state index is 6.35. The minimum atomic E-state index is -2.60. The Balaban J connectivity index is 2.70. The molecule has 0 atom stereocenters. The van der Waals surface area contributed by atoms with Crippen LogP contribution < -0.4 is 3.71 Å². The Hall–Kier alpha value is 0.146. The first-order valence-corrected chi connectivity index (χ1v) is 23.4. The van der Waals surface area contributed by atoms with Crippen molar-refractivity contribution in [2.45, 2.75) is 118 Å². The fourth-order valence-corrected chi connectivity index (χ4v) is 25.4. The molecule has 0 spiro atoms. The molecule has 2 heterocycles. The Morgan fingerprint density at radius 3 is 1.97 bits per heavy atom. The average molecular weight is 558 g/mol. The van der Waals surface area contributed by atoms with Crippen LogP contribution in [0.15, 0.2) is 6.33 Å². The zero-order valence-corrected chi connectivity index (χ0v) is 25.8. The molecule has 2 rings (SSSR count).